The highest BCUT2D eigenvalue weighted by molar-refractivity contribution is 7.89. The Kier molecular flexibility index (Phi) is 4.28. The number of hydrogen-bond acceptors (Lipinski definition) is 5. The number of nitrogens with zero attached hydrogens (tertiary/aromatic N) is 1. The zero-order valence-electron chi connectivity index (χ0n) is 14.8. The first kappa shape index (κ1) is 17.2. The lowest BCUT2D eigenvalue weighted by Crippen LogP contribution is -2.36. The molecule has 26 heavy (non-hydrogen) atoms. The van der Waals surface area contributed by atoms with Crippen LogP contribution in [0.25, 0.3) is 0 Å². The molecule has 0 saturated heterocycles. The molecule has 2 heterocycles. The SMILES string of the molecule is COc1ccc(C)cc1S(=O)(=O)N1CCc2cc3c(cc2C1)OCCO3. The van der Waals surface area contributed by atoms with Crippen molar-refractivity contribution in [2.45, 2.75) is 24.8 Å². The summed E-state index contributed by atoms with van der Waals surface area (Å²) >= 11 is 0. The van der Waals surface area contributed by atoms with E-state index in [1.165, 1.54) is 11.4 Å². The van der Waals surface area contributed by atoms with E-state index < -0.39 is 10.0 Å². The smallest absolute Gasteiger partial charge is 0.247 e. The maximum absolute atomic E-state index is 13.2. The van der Waals surface area contributed by atoms with Gasteiger partial charge < -0.3 is 14.2 Å². The van der Waals surface area contributed by atoms with E-state index >= 15 is 0 Å². The standard InChI is InChI=1S/C19H21NO5S/c1-13-3-4-16(23-2)19(9-13)26(21,22)20-6-5-14-10-17-18(11-15(14)12-20)25-8-7-24-17/h3-4,9-11H,5-8,12H2,1-2H3. The van der Waals surface area contributed by atoms with Crippen molar-refractivity contribution in [1.82, 2.24) is 4.31 Å². The Labute approximate surface area is 153 Å². The molecule has 0 fully saturated rings. The third-order valence-electron chi connectivity index (χ3n) is 4.78. The molecule has 0 unspecified atom stereocenters. The highest BCUT2D eigenvalue weighted by Crippen LogP contribution is 2.37. The van der Waals surface area contributed by atoms with Crippen LogP contribution in [0, 0.1) is 6.92 Å². The fourth-order valence-corrected chi connectivity index (χ4v) is 5.06. The zero-order chi connectivity index (χ0) is 18.3. The minimum atomic E-state index is -3.66. The first-order chi connectivity index (χ1) is 12.5. The zero-order valence-corrected chi connectivity index (χ0v) is 15.6. The van der Waals surface area contributed by atoms with Gasteiger partial charge in [-0.3, -0.25) is 0 Å². The molecule has 6 nitrogen and oxygen atoms in total. The van der Waals surface area contributed by atoms with Gasteiger partial charge in [-0.25, -0.2) is 8.42 Å². The van der Waals surface area contributed by atoms with Gasteiger partial charge in [0.2, 0.25) is 10.0 Å². The lowest BCUT2D eigenvalue weighted by molar-refractivity contribution is 0.171. The molecule has 7 heteroatoms. The molecular weight excluding hydrogens is 354 g/mol. The van der Waals surface area contributed by atoms with Crippen LogP contribution in [-0.2, 0) is 23.0 Å². The van der Waals surface area contributed by atoms with Gasteiger partial charge in [0, 0.05) is 13.1 Å². The summed E-state index contributed by atoms with van der Waals surface area (Å²) in [5.74, 6) is 1.79. The monoisotopic (exact) mass is 375 g/mol. The van der Waals surface area contributed by atoms with Crippen LogP contribution in [0.15, 0.2) is 35.2 Å². The average Bonchev–Trinajstić information content (AvgIpc) is 2.65. The molecule has 4 rings (SSSR count). The van der Waals surface area contributed by atoms with Crippen LogP contribution in [0.5, 0.6) is 17.2 Å². The Morgan fingerprint density at radius 1 is 1.04 bits per heavy atom. The van der Waals surface area contributed by atoms with Crippen molar-refractivity contribution in [3.8, 4) is 17.2 Å². The van der Waals surface area contributed by atoms with Crippen molar-refractivity contribution >= 4 is 10.0 Å². The minimum absolute atomic E-state index is 0.209. The third-order valence-corrected chi connectivity index (χ3v) is 6.64. The highest BCUT2D eigenvalue weighted by Gasteiger charge is 2.32. The first-order valence-corrected chi connectivity index (χ1v) is 9.99. The molecule has 2 aliphatic rings. The number of methoxy groups -OCH3 is 1. The lowest BCUT2D eigenvalue weighted by Gasteiger charge is -2.30. The molecule has 0 saturated carbocycles. The molecule has 0 N–H and O–H groups in total. The fourth-order valence-electron chi connectivity index (χ4n) is 3.40. The number of hydrogen-bond donors (Lipinski definition) is 0. The summed E-state index contributed by atoms with van der Waals surface area (Å²) in [4.78, 5) is 0.209. The van der Waals surface area contributed by atoms with Crippen molar-refractivity contribution in [1.29, 1.82) is 0 Å². The summed E-state index contributed by atoms with van der Waals surface area (Å²) in [7, 11) is -2.17. The predicted octanol–water partition coefficient (Wildman–Crippen LogP) is 2.52. The molecule has 0 amide bonds. The van der Waals surface area contributed by atoms with Gasteiger partial charge in [-0.1, -0.05) is 6.07 Å². The Hall–Kier alpha value is -2.25. The third kappa shape index (κ3) is 2.91. The van der Waals surface area contributed by atoms with Gasteiger partial charge in [0.1, 0.15) is 23.9 Å². The minimum Gasteiger partial charge on any atom is -0.495 e. The van der Waals surface area contributed by atoms with E-state index in [4.69, 9.17) is 14.2 Å². The molecule has 138 valence electrons. The summed E-state index contributed by atoms with van der Waals surface area (Å²) in [5.41, 5.74) is 2.94. The van der Waals surface area contributed by atoms with Gasteiger partial charge in [0.15, 0.2) is 11.5 Å². The van der Waals surface area contributed by atoms with E-state index in [0.29, 0.717) is 44.2 Å². The van der Waals surface area contributed by atoms with Crippen LogP contribution in [0.3, 0.4) is 0 Å². The Balaban J connectivity index is 1.69. The number of benzene rings is 2. The highest BCUT2D eigenvalue weighted by atomic mass is 32.2. The van der Waals surface area contributed by atoms with Crippen LogP contribution in [0.4, 0.5) is 0 Å². The molecule has 0 bridgehead atoms. The summed E-state index contributed by atoms with van der Waals surface area (Å²) in [6.07, 6.45) is 0.638. The second-order valence-electron chi connectivity index (χ2n) is 6.51. The Bertz CT molecular complexity index is 955. The van der Waals surface area contributed by atoms with Crippen molar-refractivity contribution in [2.24, 2.45) is 0 Å². The van der Waals surface area contributed by atoms with Crippen LogP contribution in [0.1, 0.15) is 16.7 Å². The first-order valence-electron chi connectivity index (χ1n) is 8.55. The van der Waals surface area contributed by atoms with E-state index in [1.54, 1.807) is 12.1 Å². The van der Waals surface area contributed by atoms with E-state index in [1.807, 2.05) is 25.1 Å². The summed E-state index contributed by atoms with van der Waals surface area (Å²) in [5, 5.41) is 0. The number of fused-ring (bicyclic) bond motifs is 2. The van der Waals surface area contributed by atoms with Gasteiger partial charge in [-0.05, 0) is 54.3 Å². The van der Waals surface area contributed by atoms with Gasteiger partial charge in [-0.15, -0.1) is 0 Å². The van der Waals surface area contributed by atoms with Crippen molar-refractivity contribution in [3.05, 3.63) is 47.0 Å². The van der Waals surface area contributed by atoms with E-state index in [9.17, 15) is 8.42 Å². The largest absolute Gasteiger partial charge is 0.495 e. The van der Waals surface area contributed by atoms with Crippen molar-refractivity contribution in [3.63, 3.8) is 0 Å². The molecule has 2 aliphatic heterocycles. The van der Waals surface area contributed by atoms with Gasteiger partial charge in [0.05, 0.1) is 7.11 Å². The molecule has 0 aliphatic carbocycles. The van der Waals surface area contributed by atoms with Crippen molar-refractivity contribution in [2.75, 3.05) is 26.9 Å². The van der Waals surface area contributed by atoms with Crippen molar-refractivity contribution < 1.29 is 22.6 Å². The molecule has 2 aromatic rings. The number of sulfonamides is 1. The molecule has 2 aromatic carbocycles. The fraction of sp³-hybridized carbons (Fsp3) is 0.368. The number of ether oxygens (including phenoxy) is 3. The van der Waals surface area contributed by atoms with Crippen LogP contribution < -0.4 is 14.2 Å². The molecular formula is C19H21NO5S. The molecule has 0 atom stereocenters. The predicted molar refractivity (Wildman–Crippen MR) is 96.5 cm³/mol. The van der Waals surface area contributed by atoms with Crippen LogP contribution >= 0.6 is 0 Å². The van der Waals surface area contributed by atoms with Crippen LogP contribution in [-0.4, -0.2) is 39.6 Å². The second-order valence-corrected chi connectivity index (χ2v) is 8.41. The Morgan fingerprint density at radius 2 is 1.73 bits per heavy atom. The number of rotatable bonds is 3. The quantitative estimate of drug-likeness (QED) is 0.825. The average molecular weight is 375 g/mol. The van der Waals surface area contributed by atoms with Gasteiger partial charge >= 0.3 is 0 Å². The van der Waals surface area contributed by atoms with Crippen LogP contribution in [0.2, 0.25) is 0 Å². The number of aryl methyl sites for hydroxylation is 1. The summed E-state index contributed by atoms with van der Waals surface area (Å²) in [6.45, 7) is 3.65. The summed E-state index contributed by atoms with van der Waals surface area (Å²) < 4.78 is 44.5. The maximum Gasteiger partial charge on any atom is 0.247 e. The normalized spacial score (nSPS) is 16.8. The van der Waals surface area contributed by atoms with E-state index in [0.717, 1.165) is 22.4 Å². The Morgan fingerprint density at radius 3 is 2.42 bits per heavy atom. The van der Waals surface area contributed by atoms with E-state index in [-0.39, 0.29) is 4.90 Å². The summed E-state index contributed by atoms with van der Waals surface area (Å²) in [6, 6.07) is 9.07. The van der Waals surface area contributed by atoms with Gasteiger partial charge in [0.25, 0.3) is 0 Å². The lowest BCUT2D eigenvalue weighted by atomic mass is 10.00. The van der Waals surface area contributed by atoms with E-state index in [2.05, 4.69) is 0 Å². The second kappa shape index (κ2) is 6.48. The molecule has 0 radical (unpaired) electrons. The van der Waals surface area contributed by atoms with Gasteiger partial charge in [-0.2, -0.15) is 4.31 Å². The maximum atomic E-state index is 13.2. The topological polar surface area (TPSA) is 65.1 Å². The molecule has 0 aromatic heterocycles. The molecule has 0 spiro atoms.